The molecule has 0 saturated heterocycles. The second kappa shape index (κ2) is 6.66. The number of urea groups is 1. The van der Waals surface area contributed by atoms with Gasteiger partial charge in [-0.05, 0) is 24.5 Å². The van der Waals surface area contributed by atoms with Crippen molar-refractivity contribution in [2.45, 2.75) is 31.1 Å². The Balaban J connectivity index is 1.49. The summed E-state index contributed by atoms with van der Waals surface area (Å²) >= 11 is 1.58. The number of hydrogen-bond donors (Lipinski definition) is 2. The van der Waals surface area contributed by atoms with Crippen molar-refractivity contribution in [1.29, 1.82) is 0 Å². The van der Waals surface area contributed by atoms with E-state index in [1.54, 1.807) is 23.6 Å². The quantitative estimate of drug-likeness (QED) is 0.851. The SMILES string of the molecule is C[C@@H](CNC(=O)NCC1(c2ccccc2F)CC1)c1nccs1. The molecule has 0 radical (unpaired) electrons. The Morgan fingerprint density at radius 3 is 2.83 bits per heavy atom. The Morgan fingerprint density at radius 2 is 2.17 bits per heavy atom. The molecule has 1 heterocycles. The van der Waals surface area contributed by atoms with E-state index in [0.717, 1.165) is 17.8 Å². The predicted molar refractivity (Wildman–Crippen MR) is 89.2 cm³/mol. The molecule has 0 unspecified atom stereocenters. The molecule has 1 saturated carbocycles. The van der Waals surface area contributed by atoms with Crippen LogP contribution in [-0.4, -0.2) is 24.1 Å². The van der Waals surface area contributed by atoms with Crippen LogP contribution in [0.25, 0.3) is 0 Å². The normalized spacial score (nSPS) is 16.6. The number of carbonyl (C=O) groups excluding carboxylic acids is 1. The van der Waals surface area contributed by atoms with Crippen LogP contribution in [0.3, 0.4) is 0 Å². The number of nitrogens with zero attached hydrogens (tertiary/aromatic N) is 1. The Morgan fingerprint density at radius 1 is 1.39 bits per heavy atom. The van der Waals surface area contributed by atoms with Crippen molar-refractivity contribution in [3.05, 3.63) is 52.2 Å². The van der Waals surface area contributed by atoms with Crippen LogP contribution in [-0.2, 0) is 5.41 Å². The third-order valence-corrected chi connectivity index (χ3v) is 5.33. The highest BCUT2D eigenvalue weighted by atomic mass is 32.1. The van der Waals surface area contributed by atoms with Gasteiger partial charge in [0, 0.05) is 36.0 Å². The Bertz CT molecular complexity index is 670. The molecule has 1 aromatic heterocycles. The van der Waals surface area contributed by atoms with Gasteiger partial charge in [-0.25, -0.2) is 14.2 Å². The van der Waals surface area contributed by atoms with Crippen LogP contribution >= 0.6 is 11.3 Å². The van der Waals surface area contributed by atoms with Crippen molar-refractivity contribution < 1.29 is 9.18 Å². The Labute approximate surface area is 139 Å². The highest BCUT2D eigenvalue weighted by Crippen LogP contribution is 2.48. The Hall–Kier alpha value is -1.95. The van der Waals surface area contributed by atoms with Gasteiger partial charge in [0.15, 0.2) is 0 Å². The van der Waals surface area contributed by atoms with Gasteiger partial charge in [0.2, 0.25) is 0 Å². The number of nitrogens with one attached hydrogen (secondary N) is 2. The lowest BCUT2D eigenvalue weighted by Gasteiger charge is -2.18. The van der Waals surface area contributed by atoms with Gasteiger partial charge in [-0.3, -0.25) is 0 Å². The Kier molecular flexibility index (Phi) is 4.61. The molecular weight excluding hydrogens is 313 g/mol. The van der Waals surface area contributed by atoms with Gasteiger partial charge in [0.25, 0.3) is 0 Å². The van der Waals surface area contributed by atoms with E-state index >= 15 is 0 Å². The minimum Gasteiger partial charge on any atom is -0.337 e. The van der Waals surface area contributed by atoms with E-state index in [0.29, 0.717) is 18.7 Å². The predicted octanol–water partition coefficient (Wildman–Crippen LogP) is 3.42. The molecule has 1 fully saturated rings. The van der Waals surface area contributed by atoms with Crippen LogP contribution in [0.15, 0.2) is 35.8 Å². The molecule has 4 nitrogen and oxygen atoms in total. The fourth-order valence-electron chi connectivity index (χ4n) is 2.71. The number of rotatable bonds is 6. The minimum atomic E-state index is -0.233. The molecule has 2 N–H and O–H groups in total. The smallest absolute Gasteiger partial charge is 0.314 e. The molecule has 1 aliphatic rings. The largest absolute Gasteiger partial charge is 0.337 e. The lowest BCUT2D eigenvalue weighted by atomic mass is 9.95. The van der Waals surface area contributed by atoms with E-state index in [1.807, 2.05) is 24.4 Å². The summed E-state index contributed by atoms with van der Waals surface area (Å²) in [4.78, 5) is 16.2. The number of aromatic nitrogens is 1. The summed E-state index contributed by atoms with van der Waals surface area (Å²) in [6.07, 6.45) is 3.58. The highest BCUT2D eigenvalue weighted by molar-refractivity contribution is 7.09. The number of halogens is 1. The topological polar surface area (TPSA) is 54.0 Å². The van der Waals surface area contributed by atoms with Gasteiger partial charge >= 0.3 is 6.03 Å². The van der Waals surface area contributed by atoms with Gasteiger partial charge in [-0.15, -0.1) is 11.3 Å². The van der Waals surface area contributed by atoms with Crippen molar-refractivity contribution in [3.8, 4) is 0 Å². The van der Waals surface area contributed by atoms with Crippen LogP contribution in [0, 0.1) is 5.82 Å². The molecule has 2 amide bonds. The molecule has 1 aliphatic carbocycles. The van der Waals surface area contributed by atoms with Crippen LogP contribution in [0.2, 0.25) is 0 Å². The van der Waals surface area contributed by atoms with Gasteiger partial charge in [-0.2, -0.15) is 0 Å². The molecule has 1 atom stereocenters. The molecule has 0 aliphatic heterocycles. The lowest BCUT2D eigenvalue weighted by molar-refractivity contribution is 0.239. The van der Waals surface area contributed by atoms with E-state index in [1.165, 1.54) is 6.07 Å². The first-order valence-corrected chi connectivity index (χ1v) is 8.65. The average molecular weight is 333 g/mol. The molecule has 2 aromatic rings. The first-order chi connectivity index (χ1) is 11.1. The summed E-state index contributed by atoms with van der Waals surface area (Å²) in [6, 6.07) is 6.61. The van der Waals surface area contributed by atoms with Crippen LogP contribution < -0.4 is 10.6 Å². The summed E-state index contributed by atoms with van der Waals surface area (Å²) < 4.78 is 13.9. The number of thiazole rings is 1. The second-order valence-corrected chi connectivity index (χ2v) is 7.02. The van der Waals surface area contributed by atoms with Gasteiger partial charge in [0.1, 0.15) is 5.82 Å². The zero-order valence-corrected chi connectivity index (χ0v) is 13.8. The maximum Gasteiger partial charge on any atom is 0.314 e. The van der Waals surface area contributed by atoms with Crippen molar-refractivity contribution in [2.75, 3.05) is 13.1 Å². The minimum absolute atomic E-state index is 0.183. The van der Waals surface area contributed by atoms with Crippen molar-refractivity contribution in [3.63, 3.8) is 0 Å². The van der Waals surface area contributed by atoms with Crippen LogP contribution in [0.4, 0.5) is 9.18 Å². The highest BCUT2D eigenvalue weighted by Gasteiger charge is 2.45. The first kappa shape index (κ1) is 15.9. The molecule has 122 valence electrons. The second-order valence-electron chi connectivity index (χ2n) is 6.10. The molecule has 6 heteroatoms. The molecule has 1 aromatic carbocycles. The van der Waals surface area contributed by atoms with Crippen LogP contribution in [0.5, 0.6) is 0 Å². The molecule has 23 heavy (non-hydrogen) atoms. The molecule has 3 rings (SSSR count). The van der Waals surface area contributed by atoms with Crippen molar-refractivity contribution >= 4 is 17.4 Å². The molecule has 0 spiro atoms. The molecular formula is C17H20FN3OS. The summed E-state index contributed by atoms with van der Waals surface area (Å²) in [5.41, 5.74) is 0.473. The van der Waals surface area contributed by atoms with E-state index in [-0.39, 0.29) is 23.2 Å². The van der Waals surface area contributed by atoms with E-state index in [2.05, 4.69) is 15.6 Å². The zero-order chi connectivity index (χ0) is 16.3. The van der Waals surface area contributed by atoms with Gasteiger partial charge in [0.05, 0.1) is 5.01 Å². The number of amides is 2. The zero-order valence-electron chi connectivity index (χ0n) is 13.0. The van der Waals surface area contributed by atoms with E-state index in [4.69, 9.17) is 0 Å². The van der Waals surface area contributed by atoms with E-state index in [9.17, 15) is 9.18 Å². The average Bonchev–Trinajstić information content (AvgIpc) is 3.13. The molecule has 0 bridgehead atoms. The maximum atomic E-state index is 13.9. The lowest BCUT2D eigenvalue weighted by Crippen LogP contribution is -2.41. The van der Waals surface area contributed by atoms with Crippen molar-refractivity contribution in [2.24, 2.45) is 0 Å². The summed E-state index contributed by atoms with van der Waals surface area (Å²) in [7, 11) is 0. The van der Waals surface area contributed by atoms with Gasteiger partial charge < -0.3 is 10.6 Å². The first-order valence-electron chi connectivity index (χ1n) is 7.77. The third-order valence-electron chi connectivity index (χ3n) is 4.33. The number of hydrogen-bond acceptors (Lipinski definition) is 3. The number of carbonyl (C=O) groups is 1. The monoisotopic (exact) mass is 333 g/mol. The van der Waals surface area contributed by atoms with E-state index < -0.39 is 0 Å². The maximum absolute atomic E-state index is 13.9. The summed E-state index contributed by atoms with van der Waals surface area (Å²) in [5, 5.41) is 8.68. The van der Waals surface area contributed by atoms with Crippen molar-refractivity contribution in [1.82, 2.24) is 15.6 Å². The summed E-state index contributed by atoms with van der Waals surface area (Å²) in [6.45, 7) is 3.03. The van der Waals surface area contributed by atoms with Crippen LogP contribution in [0.1, 0.15) is 36.3 Å². The van der Waals surface area contributed by atoms with Gasteiger partial charge in [-0.1, -0.05) is 25.1 Å². The summed E-state index contributed by atoms with van der Waals surface area (Å²) in [5.74, 6) is -0.00759. The fourth-order valence-corrected chi connectivity index (χ4v) is 3.40. The standard InChI is InChI=1S/C17H20FN3OS/c1-12(15-19-8-9-23-15)10-20-16(22)21-11-17(6-7-17)13-4-2-3-5-14(13)18/h2-5,8-9,12H,6-7,10-11H2,1H3,(H2,20,21,22)/t12-/m0/s1. The number of benzene rings is 1. The fraction of sp³-hybridized carbons (Fsp3) is 0.412. The third kappa shape index (κ3) is 3.69.